The van der Waals surface area contributed by atoms with Crippen molar-refractivity contribution in [2.24, 2.45) is 11.8 Å². The largest absolute Gasteiger partial charge is 0.380 e. The van der Waals surface area contributed by atoms with E-state index < -0.39 is 0 Å². The van der Waals surface area contributed by atoms with Crippen LogP contribution in [0.15, 0.2) is 0 Å². The van der Waals surface area contributed by atoms with Gasteiger partial charge < -0.3 is 14.4 Å². The van der Waals surface area contributed by atoms with E-state index in [2.05, 4.69) is 79.2 Å². The molecule has 178 valence electrons. The number of hydrogen-bond acceptors (Lipinski definition) is 4. The quantitative estimate of drug-likeness (QED) is 0.553. The number of hydrogen-bond donors (Lipinski definition) is 0. The second-order valence-electron chi connectivity index (χ2n) is 9.25. The van der Waals surface area contributed by atoms with E-state index in [9.17, 15) is 0 Å². The van der Waals surface area contributed by atoms with Crippen LogP contribution >= 0.6 is 0 Å². The van der Waals surface area contributed by atoms with E-state index in [1.807, 2.05) is 7.11 Å². The molecule has 4 unspecified atom stereocenters. The monoisotopic (exact) mass is 416 g/mol. The van der Waals surface area contributed by atoms with E-state index in [1.165, 1.54) is 25.7 Å². The number of nitrogens with zero attached hydrogens (tertiary/aromatic N) is 2. The molecule has 0 aromatic rings. The van der Waals surface area contributed by atoms with Gasteiger partial charge in [-0.15, -0.1) is 0 Å². The molecule has 2 fully saturated rings. The van der Waals surface area contributed by atoms with Crippen LogP contribution < -0.4 is 0 Å². The van der Waals surface area contributed by atoms with Gasteiger partial charge in [-0.1, -0.05) is 75.2 Å². The smallest absolute Gasteiger partial charge is 0.0713 e. The van der Waals surface area contributed by atoms with Gasteiger partial charge in [-0.05, 0) is 38.3 Å². The van der Waals surface area contributed by atoms with Gasteiger partial charge in [0.05, 0.1) is 12.2 Å². The maximum Gasteiger partial charge on any atom is 0.0713 e. The van der Waals surface area contributed by atoms with Crippen LogP contribution in [-0.2, 0) is 9.47 Å². The average Bonchev–Trinajstić information content (AvgIpc) is 3.26. The van der Waals surface area contributed by atoms with Crippen molar-refractivity contribution in [1.82, 2.24) is 9.80 Å². The zero-order valence-electron chi connectivity index (χ0n) is 22.1. The summed E-state index contributed by atoms with van der Waals surface area (Å²) in [7, 11) is 5.81. The molecule has 0 bridgehead atoms. The van der Waals surface area contributed by atoms with Crippen molar-refractivity contribution in [2.75, 3.05) is 40.9 Å². The molecule has 2 aliphatic heterocycles. The first-order valence-corrected chi connectivity index (χ1v) is 12.2. The van der Waals surface area contributed by atoms with Gasteiger partial charge >= 0.3 is 0 Å². The van der Waals surface area contributed by atoms with Crippen LogP contribution in [0, 0.1) is 11.8 Å². The second-order valence-corrected chi connectivity index (χ2v) is 9.25. The van der Waals surface area contributed by atoms with Gasteiger partial charge in [0.15, 0.2) is 0 Å². The molecule has 2 heterocycles. The summed E-state index contributed by atoms with van der Waals surface area (Å²) in [6, 6.07) is 1.46. The van der Waals surface area contributed by atoms with Crippen molar-refractivity contribution in [3.05, 3.63) is 0 Å². The first-order chi connectivity index (χ1) is 13.7. The maximum atomic E-state index is 5.38. The van der Waals surface area contributed by atoms with Gasteiger partial charge in [0.2, 0.25) is 0 Å². The topological polar surface area (TPSA) is 24.9 Å². The number of rotatable bonds is 5. The highest BCUT2D eigenvalue weighted by Gasteiger charge is 2.32. The summed E-state index contributed by atoms with van der Waals surface area (Å²) in [4.78, 5) is 4.93. The first-order valence-electron chi connectivity index (χ1n) is 12.2. The predicted molar refractivity (Wildman–Crippen MR) is 130 cm³/mol. The molecule has 0 radical (unpaired) electrons. The highest BCUT2D eigenvalue weighted by molar-refractivity contribution is 4.87. The molecule has 0 N–H and O–H groups in total. The maximum absolute atomic E-state index is 5.38. The highest BCUT2D eigenvalue weighted by atomic mass is 16.5. The molecule has 2 aliphatic rings. The fourth-order valence-electron chi connectivity index (χ4n) is 4.05. The third kappa shape index (κ3) is 13.0. The summed E-state index contributed by atoms with van der Waals surface area (Å²) in [5.41, 5.74) is 0. The Labute approximate surface area is 184 Å². The van der Waals surface area contributed by atoms with Crippen molar-refractivity contribution in [1.29, 1.82) is 0 Å². The van der Waals surface area contributed by atoms with E-state index >= 15 is 0 Å². The summed E-state index contributed by atoms with van der Waals surface area (Å²) in [5.74, 6) is 1.50. The molecular formula is C25H56N2O2. The minimum Gasteiger partial charge on any atom is -0.380 e. The minimum absolute atomic E-state index is 0.465. The Morgan fingerprint density at radius 2 is 1.10 bits per heavy atom. The lowest BCUT2D eigenvalue weighted by Crippen LogP contribution is -2.33. The standard InChI is InChI=1S/C10H21NO.C9H19NO.2C3H8/c1-5-11-7-9(12-4)6-10(11)8(2)3;1-7(2)9-5-8(11-4)6-10(9)3;2*1-3-2/h8-10H,5-7H2,1-4H3;7-9H,5-6H2,1-4H3;2*3H2,1-2H3. The lowest BCUT2D eigenvalue weighted by atomic mass is 10.0. The number of likely N-dealkylation sites (tertiary alicyclic amines) is 2. The van der Waals surface area contributed by atoms with Crippen molar-refractivity contribution in [2.45, 2.75) is 112 Å². The molecule has 0 spiro atoms. The fourth-order valence-corrected chi connectivity index (χ4v) is 4.05. The van der Waals surface area contributed by atoms with Gasteiger partial charge in [-0.3, -0.25) is 4.90 Å². The van der Waals surface area contributed by atoms with Crippen LogP contribution in [0.5, 0.6) is 0 Å². The summed E-state index contributed by atoms with van der Waals surface area (Å²) in [5, 5.41) is 0. The Kier molecular flexibility index (Phi) is 19.9. The molecule has 0 amide bonds. The van der Waals surface area contributed by atoms with Crippen LogP contribution in [-0.4, -0.2) is 75.0 Å². The van der Waals surface area contributed by atoms with E-state index in [-0.39, 0.29) is 0 Å². The molecule has 0 aromatic carbocycles. The highest BCUT2D eigenvalue weighted by Crippen LogP contribution is 2.25. The Hall–Kier alpha value is -0.160. The average molecular weight is 417 g/mol. The van der Waals surface area contributed by atoms with Gasteiger partial charge in [0.1, 0.15) is 0 Å². The molecule has 2 rings (SSSR count). The van der Waals surface area contributed by atoms with Crippen molar-refractivity contribution < 1.29 is 9.47 Å². The summed E-state index contributed by atoms with van der Waals surface area (Å²) < 4.78 is 10.7. The third-order valence-electron chi connectivity index (χ3n) is 5.59. The predicted octanol–water partition coefficient (Wildman–Crippen LogP) is 5.95. The zero-order valence-corrected chi connectivity index (χ0v) is 22.1. The van der Waals surface area contributed by atoms with Crippen LogP contribution in [0.25, 0.3) is 0 Å². The number of ether oxygens (including phenoxy) is 2. The molecule has 0 saturated carbocycles. The molecule has 4 nitrogen and oxygen atoms in total. The lowest BCUT2D eigenvalue weighted by Gasteiger charge is -2.25. The second kappa shape index (κ2) is 18.6. The Bertz CT molecular complexity index is 348. The summed E-state index contributed by atoms with van der Waals surface area (Å²) in [6.45, 7) is 23.3. The van der Waals surface area contributed by atoms with Gasteiger partial charge in [-0.2, -0.15) is 0 Å². The Morgan fingerprint density at radius 3 is 1.34 bits per heavy atom. The molecule has 2 saturated heterocycles. The Balaban J connectivity index is 0. The van der Waals surface area contributed by atoms with Crippen LogP contribution in [0.1, 0.15) is 88.0 Å². The van der Waals surface area contributed by atoms with Crippen molar-refractivity contribution >= 4 is 0 Å². The normalized spacial score (nSPS) is 27.1. The third-order valence-corrected chi connectivity index (χ3v) is 5.59. The van der Waals surface area contributed by atoms with E-state index in [4.69, 9.17) is 9.47 Å². The molecule has 4 heteroatoms. The van der Waals surface area contributed by atoms with Crippen LogP contribution in [0.3, 0.4) is 0 Å². The van der Waals surface area contributed by atoms with Crippen LogP contribution in [0.4, 0.5) is 0 Å². The van der Waals surface area contributed by atoms with Crippen LogP contribution in [0.2, 0.25) is 0 Å². The van der Waals surface area contributed by atoms with Gasteiger partial charge in [-0.25, -0.2) is 0 Å². The van der Waals surface area contributed by atoms with Gasteiger partial charge in [0, 0.05) is 39.4 Å². The first kappa shape index (κ1) is 31.0. The molecule has 29 heavy (non-hydrogen) atoms. The molecular weight excluding hydrogens is 360 g/mol. The van der Waals surface area contributed by atoms with Gasteiger partial charge in [0.25, 0.3) is 0 Å². The molecule has 4 atom stereocenters. The SMILES string of the molecule is CCC.CCC.CCN1CC(OC)CC1C(C)C.COC1CC(C(C)C)N(C)C1. The zero-order chi connectivity index (χ0) is 23.0. The lowest BCUT2D eigenvalue weighted by molar-refractivity contribution is 0.109. The summed E-state index contributed by atoms with van der Waals surface area (Å²) >= 11 is 0. The van der Waals surface area contributed by atoms with Crippen molar-refractivity contribution in [3.63, 3.8) is 0 Å². The van der Waals surface area contributed by atoms with Crippen molar-refractivity contribution in [3.8, 4) is 0 Å². The van der Waals surface area contributed by atoms with E-state index in [0.717, 1.165) is 43.6 Å². The number of likely N-dealkylation sites (N-methyl/N-ethyl adjacent to an activating group) is 2. The summed E-state index contributed by atoms with van der Waals surface area (Å²) in [6.07, 6.45) is 5.84. The molecule has 0 aliphatic carbocycles. The molecule has 0 aromatic heterocycles. The van der Waals surface area contributed by atoms with E-state index in [0.29, 0.717) is 12.2 Å². The van der Waals surface area contributed by atoms with E-state index in [1.54, 1.807) is 7.11 Å². The fraction of sp³-hybridized carbons (Fsp3) is 1.00. The number of methoxy groups -OCH3 is 2. The minimum atomic E-state index is 0.465. The Morgan fingerprint density at radius 1 is 0.724 bits per heavy atom.